The minimum atomic E-state index is -3.61. The van der Waals surface area contributed by atoms with E-state index in [1.165, 1.54) is 28.6 Å². The monoisotopic (exact) mass is 460 g/mol. The number of amides is 1. The molecular weight excluding hydrogens is 440 g/mol. The van der Waals surface area contributed by atoms with Gasteiger partial charge in [-0.2, -0.15) is 4.31 Å². The first-order valence-electron chi connectivity index (χ1n) is 9.84. The zero-order valence-electron chi connectivity index (χ0n) is 16.8. The molecule has 0 spiro atoms. The highest BCUT2D eigenvalue weighted by molar-refractivity contribution is 7.89. The Labute approximate surface area is 185 Å². The van der Waals surface area contributed by atoms with Crippen molar-refractivity contribution in [2.75, 3.05) is 12.4 Å². The van der Waals surface area contributed by atoms with Crippen LogP contribution in [0, 0.1) is 0 Å². The van der Waals surface area contributed by atoms with E-state index in [0.717, 1.165) is 25.7 Å². The smallest absolute Gasteiger partial charge is 0.322 e. The van der Waals surface area contributed by atoms with Gasteiger partial charge in [-0.1, -0.05) is 41.7 Å². The second kappa shape index (κ2) is 8.78. The topological polar surface area (TPSA) is 105 Å². The summed E-state index contributed by atoms with van der Waals surface area (Å²) >= 11 is 6.12. The summed E-state index contributed by atoms with van der Waals surface area (Å²) < 4.78 is 32.6. The van der Waals surface area contributed by atoms with Crippen molar-refractivity contribution in [2.24, 2.45) is 0 Å². The molecule has 162 valence electrons. The van der Waals surface area contributed by atoms with Crippen LogP contribution in [0.1, 0.15) is 36.0 Å². The first-order valence-corrected chi connectivity index (χ1v) is 11.7. The number of nitrogens with one attached hydrogen (secondary N) is 1. The molecule has 1 N–H and O–H groups in total. The van der Waals surface area contributed by atoms with Crippen LogP contribution in [0.2, 0.25) is 5.02 Å². The Balaban J connectivity index is 1.46. The first kappa shape index (κ1) is 21.5. The fraction of sp³-hybridized carbons (Fsp3) is 0.286. The van der Waals surface area contributed by atoms with E-state index in [1.807, 2.05) is 0 Å². The maximum absolute atomic E-state index is 12.8. The fourth-order valence-electron chi connectivity index (χ4n) is 3.60. The molecule has 8 nitrogen and oxygen atoms in total. The standard InChI is InChI=1S/C21H21ClN4O4S/c1-26(15-6-2-3-7-15)31(28,29)16-12-10-14(11-13-16)19(27)23-21-25-24-20(30-21)17-8-4-5-9-18(17)22/h4-5,8-13,15H,2-3,6-7H2,1H3,(H,23,25,27). The predicted molar refractivity (Wildman–Crippen MR) is 116 cm³/mol. The van der Waals surface area contributed by atoms with Crippen molar-refractivity contribution in [3.8, 4) is 11.5 Å². The van der Waals surface area contributed by atoms with Gasteiger partial charge in [0.25, 0.3) is 11.8 Å². The Kier molecular flexibility index (Phi) is 6.08. The van der Waals surface area contributed by atoms with Gasteiger partial charge in [0.1, 0.15) is 0 Å². The van der Waals surface area contributed by atoms with E-state index in [-0.39, 0.29) is 28.4 Å². The summed E-state index contributed by atoms with van der Waals surface area (Å²) in [6.07, 6.45) is 3.82. The molecule has 1 fully saturated rings. The van der Waals surface area contributed by atoms with Crippen molar-refractivity contribution >= 4 is 33.5 Å². The second-order valence-electron chi connectivity index (χ2n) is 7.33. The molecule has 1 saturated carbocycles. The van der Waals surface area contributed by atoms with Crippen LogP contribution in [0.5, 0.6) is 0 Å². The molecule has 0 saturated heterocycles. The van der Waals surface area contributed by atoms with E-state index < -0.39 is 15.9 Å². The number of nitrogens with zero attached hydrogens (tertiary/aromatic N) is 3. The Morgan fingerprint density at radius 2 is 1.77 bits per heavy atom. The second-order valence-corrected chi connectivity index (χ2v) is 9.73. The van der Waals surface area contributed by atoms with Crippen molar-refractivity contribution in [3.63, 3.8) is 0 Å². The Morgan fingerprint density at radius 1 is 1.10 bits per heavy atom. The third kappa shape index (κ3) is 4.48. The predicted octanol–water partition coefficient (Wildman–Crippen LogP) is 4.21. The number of carbonyl (C=O) groups is 1. The van der Waals surface area contributed by atoms with E-state index in [0.29, 0.717) is 10.6 Å². The molecule has 0 atom stereocenters. The van der Waals surface area contributed by atoms with Gasteiger partial charge in [0.05, 0.1) is 15.5 Å². The number of rotatable bonds is 6. The van der Waals surface area contributed by atoms with Gasteiger partial charge < -0.3 is 4.42 Å². The maximum Gasteiger partial charge on any atom is 0.322 e. The number of hydrogen-bond donors (Lipinski definition) is 1. The fourth-order valence-corrected chi connectivity index (χ4v) is 5.23. The van der Waals surface area contributed by atoms with Crippen LogP contribution in [-0.4, -0.2) is 41.9 Å². The van der Waals surface area contributed by atoms with Crippen LogP contribution in [0.3, 0.4) is 0 Å². The number of halogens is 1. The van der Waals surface area contributed by atoms with E-state index in [1.54, 1.807) is 31.3 Å². The zero-order valence-corrected chi connectivity index (χ0v) is 18.4. The van der Waals surface area contributed by atoms with Crippen molar-refractivity contribution in [1.29, 1.82) is 0 Å². The SMILES string of the molecule is CN(C1CCCC1)S(=O)(=O)c1ccc(C(=O)Nc2nnc(-c3ccccc3Cl)o2)cc1. The molecule has 0 radical (unpaired) electrons. The quantitative estimate of drug-likeness (QED) is 0.590. The maximum atomic E-state index is 12.8. The van der Waals surface area contributed by atoms with Crippen LogP contribution in [0.4, 0.5) is 6.01 Å². The molecule has 10 heteroatoms. The minimum absolute atomic E-state index is 0.0258. The summed E-state index contributed by atoms with van der Waals surface area (Å²) in [5, 5.41) is 10.7. The summed E-state index contributed by atoms with van der Waals surface area (Å²) in [7, 11) is -2.00. The highest BCUT2D eigenvalue weighted by Gasteiger charge is 2.30. The van der Waals surface area contributed by atoms with Crippen molar-refractivity contribution in [1.82, 2.24) is 14.5 Å². The van der Waals surface area contributed by atoms with Crippen molar-refractivity contribution < 1.29 is 17.6 Å². The minimum Gasteiger partial charge on any atom is -0.403 e. The normalized spacial score (nSPS) is 14.8. The number of aromatic nitrogens is 2. The first-order chi connectivity index (χ1) is 14.9. The molecule has 0 unspecified atom stereocenters. The molecule has 4 rings (SSSR count). The van der Waals surface area contributed by atoms with Crippen molar-refractivity contribution in [3.05, 3.63) is 59.1 Å². The number of anilines is 1. The molecule has 2 aromatic carbocycles. The summed E-state index contributed by atoms with van der Waals surface area (Å²) in [4.78, 5) is 12.7. The molecule has 0 aliphatic heterocycles. The molecule has 1 heterocycles. The van der Waals surface area contributed by atoms with Crippen LogP contribution in [0.25, 0.3) is 11.5 Å². The van der Waals surface area contributed by atoms with Gasteiger partial charge in [-0.25, -0.2) is 8.42 Å². The summed E-state index contributed by atoms with van der Waals surface area (Å²) in [5.41, 5.74) is 0.818. The van der Waals surface area contributed by atoms with Crippen LogP contribution >= 0.6 is 11.6 Å². The van der Waals surface area contributed by atoms with Gasteiger partial charge in [0, 0.05) is 18.7 Å². The van der Waals surface area contributed by atoms with Gasteiger partial charge >= 0.3 is 6.01 Å². The average molecular weight is 461 g/mol. The van der Waals surface area contributed by atoms with Gasteiger partial charge in [0.15, 0.2) is 0 Å². The number of sulfonamides is 1. The Hall–Kier alpha value is -2.75. The lowest BCUT2D eigenvalue weighted by Crippen LogP contribution is -2.35. The molecule has 1 aliphatic rings. The van der Waals surface area contributed by atoms with Gasteiger partial charge in [-0.15, -0.1) is 5.10 Å². The van der Waals surface area contributed by atoms with E-state index in [2.05, 4.69) is 15.5 Å². The lowest BCUT2D eigenvalue weighted by atomic mass is 10.2. The molecule has 1 aliphatic carbocycles. The number of benzene rings is 2. The van der Waals surface area contributed by atoms with Gasteiger partial charge in [-0.3, -0.25) is 10.1 Å². The van der Waals surface area contributed by atoms with Crippen LogP contribution in [0.15, 0.2) is 57.8 Å². The highest BCUT2D eigenvalue weighted by Crippen LogP contribution is 2.28. The van der Waals surface area contributed by atoms with Gasteiger partial charge in [-0.05, 0) is 49.2 Å². The average Bonchev–Trinajstić information content (AvgIpc) is 3.46. The third-order valence-electron chi connectivity index (χ3n) is 5.38. The van der Waals surface area contributed by atoms with Crippen LogP contribution in [-0.2, 0) is 10.0 Å². The molecule has 31 heavy (non-hydrogen) atoms. The molecule has 1 aromatic heterocycles. The van der Waals surface area contributed by atoms with E-state index >= 15 is 0 Å². The molecule has 0 bridgehead atoms. The summed E-state index contributed by atoms with van der Waals surface area (Å²) in [6.45, 7) is 0. The summed E-state index contributed by atoms with van der Waals surface area (Å²) in [6, 6.07) is 12.7. The Bertz CT molecular complexity index is 1190. The molecule has 1 amide bonds. The number of hydrogen-bond acceptors (Lipinski definition) is 6. The number of carbonyl (C=O) groups excluding carboxylic acids is 1. The zero-order chi connectivity index (χ0) is 22.0. The van der Waals surface area contributed by atoms with Gasteiger partial charge in [0.2, 0.25) is 10.0 Å². The lowest BCUT2D eigenvalue weighted by Gasteiger charge is -2.23. The lowest BCUT2D eigenvalue weighted by molar-refractivity contribution is 0.102. The highest BCUT2D eigenvalue weighted by atomic mass is 35.5. The molecule has 3 aromatic rings. The molecular formula is C21H21ClN4O4S. The third-order valence-corrected chi connectivity index (χ3v) is 7.64. The van der Waals surface area contributed by atoms with Crippen LogP contribution < -0.4 is 5.32 Å². The summed E-state index contributed by atoms with van der Waals surface area (Å²) in [5.74, 6) is -0.320. The van der Waals surface area contributed by atoms with E-state index in [4.69, 9.17) is 16.0 Å². The van der Waals surface area contributed by atoms with E-state index in [9.17, 15) is 13.2 Å². The van der Waals surface area contributed by atoms with Crippen molar-refractivity contribution in [2.45, 2.75) is 36.6 Å². The Morgan fingerprint density at radius 3 is 2.45 bits per heavy atom. The largest absolute Gasteiger partial charge is 0.403 e.